The van der Waals surface area contributed by atoms with Crippen LogP contribution in [0.4, 0.5) is 17.1 Å². The largest absolute Gasteiger partial charge is 3.00 e. The van der Waals surface area contributed by atoms with E-state index in [9.17, 15) is 17.2 Å². The summed E-state index contributed by atoms with van der Waals surface area (Å²) in [4.78, 5) is 2.02. The van der Waals surface area contributed by atoms with E-state index >= 15 is 0 Å². The maximum Gasteiger partial charge on any atom is 3.00 e. The number of rotatable bonds is 6. The molecular weight excluding hydrogens is 477 g/mol. The van der Waals surface area contributed by atoms with Gasteiger partial charge in [-0.2, -0.15) is 0 Å². The normalized spacial score (nSPS) is 15.8. The first kappa shape index (κ1) is 23.2. The fourth-order valence-electron chi connectivity index (χ4n) is 2.94. The van der Waals surface area contributed by atoms with Gasteiger partial charge < -0.3 is 19.5 Å². The van der Waals surface area contributed by atoms with Crippen LogP contribution in [0.15, 0.2) is 53.4 Å². The Morgan fingerprint density at radius 1 is 1.07 bits per heavy atom. The standard InChI is InChI=1S/C17H22N4O4S2.Y/c22-26(23)19-16-13-15(27(24,25)20-14-5-2-1-3-6-14)7-8-17(16)21-11-4-9-18-10-12-21;/h1-3,5-8,13,18-20H,4,9-12H2,(H,22,23);/q;+3/p-1. The minimum atomic E-state index is -3.85. The van der Waals surface area contributed by atoms with Crippen molar-refractivity contribution in [1.82, 2.24) is 5.32 Å². The topological polar surface area (TPSA) is 114 Å². The van der Waals surface area contributed by atoms with Gasteiger partial charge in [0.25, 0.3) is 10.0 Å². The third-order valence-corrected chi connectivity index (χ3v) is 5.94. The number of benzene rings is 2. The Morgan fingerprint density at radius 2 is 1.82 bits per heavy atom. The van der Waals surface area contributed by atoms with Crippen LogP contribution in [0.1, 0.15) is 6.42 Å². The molecule has 1 fully saturated rings. The zero-order chi connectivity index (χ0) is 19.3. The van der Waals surface area contributed by atoms with Gasteiger partial charge in [0.15, 0.2) is 0 Å². The number of sulfonamides is 1. The third kappa shape index (κ3) is 6.23. The molecule has 0 aliphatic carbocycles. The van der Waals surface area contributed by atoms with Gasteiger partial charge in [-0.25, -0.2) is 8.42 Å². The second kappa shape index (κ2) is 10.7. The van der Waals surface area contributed by atoms with Crippen LogP contribution >= 0.6 is 0 Å². The van der Waals surface area contributed by atoms with Crippen LogP contribution in [-0.4, -0.2) is 43.4 Å². The van der Waals surface area contributed by atoms with Gasteiger partial charge in [-0.3, -0.25) is 8.93 Å². The number of anilines is 3. The number of nitrogens with zero attached hydrogens (tertiary/aromatic N) is 1. The minimum Gasteiger partial charge on any atom is -0.755 e. The molecule has 0 aromatic heterocycles. The van der Waals surface area contributed by atoms with Crippen molar-refractivity contribution in [3.8, 4) is 0 Å². The Hall–Kier alpha value is -1.04. The van der Waals surface area contributed by atoms with Gasteiger partial charge in [-0.1, -0.05) is 18.2 Å². The van der Waals surface area contributed by atoms with Crippen LogP contribution in [-0.2, 0) is 54.0 Å². The predicted molar refractivity (Wildman–Crippen MR) is 106 cm³/mol. The molecule has 0 amide bonds. The maximum absolute atomic E-state index is 12.7. The molecule has 2 aromatic carbocycles. The van der Waals surface area contributed by atoms with Gasteiger partial charge in [-0.05, 0) is 43.3 Å². The van der Waals surface area contributed by atoms with E-state index < -0.39 is 21.3 Å². The summed E-state index contributed by atoms with van der Waals surface area (Å²) in [7, 11) is -3.85. The minimum absolute atomic E-state index is 0. The molecular formula is C17H21N4O4S2Y+2. The number of nitrogens with one attached hydrogen (secondary N) is 3. The summed E-state index contributed by atoms with van der Waals surface area (Å²) in [6.45, 7) is 3.12. The first-order chi connectivity index (χ1) is 13.0. The molecule has 1 unspecified atom stereocenters. The van der Waals surface area contributed by atoms with E-state index in [1.807, 2.05) is 4.90 Å². The van der Waals surface area contributed by atoms with Gasteiger partial charge in [0.2, 0.25) is 0 Å². The van der Waals surface area contributed by atoms with Crippen LogP contribution in [0.3, 0.4) is 0 Å². The Morgan fingerprint density at radius 3 is 2.54 bits per heavy atom. The van der Waals surface area contributed by atoms with Gasteiger partial charge in [-0.15, -0.1) is 0 Å². The van der Waals surface area contributed by atoms with Crippen LogP contribution in [0.25, 0.3) is 0 Å². The Kier molecular flexibility index (Phi) is 8.85. The molecule has 0 spiro atoms. The summed E-state index contributed by atoms with van der Waals surface area (Å²) >= 11 is -2.57. The quantitative estimate of drug-likeness (QED) is 0.521. The van der Waals surface area contributed by atoms with Gasteiger partial charge >= 0.3 is 32.7 Å². The molecule has 11 heteroatoms. The Bertz CT molecular complexity index is 905. The first-order valence-corrected chi connectivity index (χ1v) is 11.0. The zero-order valence-corrected chi connectivity index (χ0v) is 19.6. The van der Waals surface area contributed by atoms with Crippen molar-refractivity contribution in [3.63, 3.8) is 0 Å². The zero-order valence-electron chi connectivity index (χ0n) is 15.1. The van der Waals surface area contributed by atoms with Crippen molar-refractivity contribution in [2.45, 2.75) is 11.3 Å². The van der Waals surface area contributed by atoms with E-state index in [-0.39, 0.29) is 43.3 Å². The second-order valence-corrected chi connectivity index (χ2v) is 8.43. The van der Waals surface area contributed by atoms with Crippen molar-refractivity contribution in [1.29, 1.82) is 0 Å². The van der Waals surface area contributed by atoms with Gasteiger partial charge in [0.05, 0.1) is 16.3 Å². The Labute approximate surface area is 192 Å². The van der Waals surface area contributed by atoms with Crippen molar-refractivity contribution in [3.05, 3.63) is 48.5 Å². The van der Waals surface area contributed by atoms with Gasteiger partial charge in [0, 0.05) is 36.6 Å². The Balaban J connectivity index is 0.00000280. The second-order valence-electron chi connectivity index (χ2n) is 6.08. The average Bonchev–Trinajstić information content (AvgIpc) is 2.91. The molecule has 0 saturated carbocycles. The molecule has 2 aromatic rings. The van der Waals surface area contributed by atoms with Crippen molar-refractivity contribution in [2.24, 2.45) is 0 Å². The van der Waals surface area contributed by atoms with Crippen molar-refractivity contribution >= 4 is 38.4 Å². The number of hydrogen-bond acceptors (Lipinski definition) is 6. The molecule has 1 aliphatic rings. The molecule has 1 saturated heterocycles. The molecule has 3 rings (SSSR count). The van der Waals surface area contributed by atoms with E-state index in [0.29, 0.717) is 17.9 Å². The molecule has 1 aliphatic heterocycles. The first-order valence-electron chi connectivity index (χ1n) is 8.49. The molecule has 8 nitrogen and oxygen atoms in total. The smallest absolute Gasteiger partial charge is 0.755 e. The van der Waals surface area contributed by atoms with Crippen LogP contribution in [0.2, 0.25) is 0 Å². The van der Waals surface area contributed by atoms with Crippen molar-refractivity contribution < 1.29 is 49.9 Å². The molecule has 28 heavy (non-hydrogen) atoms. The SMILES string of the molecule is O=S([O-])Nc1cc(S(=O)(=O)Nc2ccccc2)ccc1N1CCCNCC1.[Y+3]. The summed E-state index contributed by atoms with van der Waals surface area (Å²) in [5.41, 5.74) is 1.32. The summed E-state index contributed by atoms with van der Waals surface area (Å²) in [6.07, 6.45) is 0.912. The number of para-hydroxylation sites is 1. The van der Waals surface area contributed by atoms with Crippen LogP contribution < -0.4 is 19.7 Å². The fraction of sp³-hybridized carbons (Fsp3) is 0.294. The molecule has 0 bridgehead atoms. The van der Waals surface area contributed by atoms with E-state index in [1.54, 1.807) is 36.4 Å². The van der Waals surface area contributed by atoms with Crippen LogP contribution in [0, 0.1) is 0 Å². The van der Waals surface area contributed by atoms with E-state index in [2.05, 4.69) is 14.8 Å². The van der Waals surface area contributed by atoms with E-state index in [1.165, 1.54) is 12.1 Å². The molecule has 3 N–H and O–H groups in total. The molecule has 146 valence electrons. The predicted octanol–water partition coefficient (Wildman–Crippen LogP) is 1.49. The molecule has 1 atom stereocenters. The number of hydrogen-bond donors (Lipinski definition) is 3. The van der Waals surface area contributed by atoms with E-state index in [0.717, 1.165) is 26.1 Å². The third-order valence-electron chi connectivity index (χ3n) is 4.18. The summed E-state index contributed by atoms with van der Waals surface area (Å²) in [5.74, 6) is 0. The van der Waals surface area contributed by atoms with Gasteiger partial charge in [0.1, 0.15) is 0 Å². The summed E-state index contributed by atoms with van der Waals surface area (Å²) < 4.78 is 52.6. The summed E-state index contributed by atoms with van der Waals surface area (Å²) in [6, 6.07) is 13.0. The fourth-order valence-corrected chi connectivity index (χ4v) is 4.36. The molecule has 0 radical (unpaired) electrons. The van der Waals surface area contributed by atoms with Crippen LogP contribution in [0.5, 0.6) is 0 Å². The van der Waals surface area contributed by atoms with E-state index in [4.69, 9.17) is 0 Å². The molecule has 1 heterocycles. The van der Waals surface area contributed by atoms with Crippen molar-refractivity contribution in [2.75, 3.05) is 40.5 Å². The monoisotopic (exact) mass is 498 g/mol. The average molecular weight is 498 g/mol. The summed E-state index contributed by atoms with van der Waals surface area (Å²) in [5, 5.41) is 3.28. The maximum atomic E-state index is 12.7.